The van der Waals surface area contributed by atoms with Gasteiger partial charge in [0.05, 0.1) is 11.4 Å². The van der Waals surface area contributed by atoms with E-state index in [4.69, 9.17) is 5.73 Å². The Kier molecular flexibility index (Phi) is 4.82. The largest absolute Gasteiger partial charge is 0.508 e. The van der Waals surface area contributed by atoms with Gasteiger partial charge in [0.25, 0.3) is 5.91 Å². The van der Waals surface area contributed by atoms with Crippen LogP contribution in [0.5, 0.6) is 5.75 Å². The van der Waals surface area contributed by atoms with Crippen molar-refractivity contribution in [3.8, 4) is 5.75 Å². The van der Waals surface area contributed by atoms with Gasteiger partial charge in [-0.3, -0.25) is 9.59 Å². The number of likely N-dealkylation sites (tertiary alicyclic amines) is 1. The zero-order valence-corrected chi connectivity index (χ0v) is 16.4. The second-order valence-electron chi connectivity index (χ2n) is 7.13. The Bertz CT molecular complexity index is 1170. The highest BCUT2D eigenvalue weighted by atomic mass is 16.3. The van der Waals surface area contributed by atoms with Gasteiger partial charge in [0.2, 0.25) is 5.91 Å². The number of phenols is 1. The van der Waals surface area contributed by atoms with Crippen molar-refractivity contribution in [2.45, 2.75) is 19.4 Å². The van der Waals surface area contributed by atoms with E-state index in [0.717, 1.165) is 0 Å². The van der Waals surface area contributed by atoms with E-state index < -0.39 is 5.91 Å². The summed E-state index contributed by atoms with van der Waals surface area (Å²) in [5.74, 6) is -0.358. The molecular formula is C20H21N7O3. The number of anilines is 2. The topological polar surface area (TPSA) is 139 Å². The Hall–Kier alpha value is -3.95. The zero-order chi connectivity index (χ0) is 21.4. The molecule has 1 aromatic carbocycles. The van der Waals surface area contributed by atoms with Crippen molar-refractivity contribution in [1.29, 1.82) is 0 Å². The number of aromatic hydroxyl groups is 1. The van der Waals surface area contributed by atoms with Crippen LogP contribution in [0.1, 0.15) is 28.5 Å². The van der Waals surface area contributed by atoms with Crippen molar-refractivity contribution in [2.24, 2.45) is 0 Å². The SMILES string of the molecule is C=CC(=O)N1CCC(n2nc(C(=O)Nc3ccc(O)cc3C)c3c(N)ncnc32)C1. The van der Waals surface area contributed by atoms with Gasteiger partial charge >= 0.3 is 0 Å². The minimum atomic E-state index is -0.467. The lowest BCUT2D eigenvalue weighted by molar-refractivity contribution is -0.125. The van der Waals surface area contributed by atoms with Crippen molar-refractivity contribution in [3.05, 3.63) is 48.4 Å². The molecule has 1 atom stereocenters. The predicted octanol–water partition coefficient (Wildman–Crippen LogP) is 1.63. The van der Waals surface area contributed by atoms with E-state index in [1.807, 2.05) is 0 Å². The molecule has 0 saturated carbocycles. The summed E-state index contributed by atoms with van der Waals surface area (Å²) in [5.41, 5.74) is 7.83. The smallest absolute Gasteiger partial charge is 0.277 e. The van der Waals surface area contributed by atoms with E-state index in [1.165, 1.54) is 18.5 Å². The maximum Gasteiger partial charge on any atom is 0.277 e. The molecule has 3 aromatic rings. The van der Waals surface area contributed by atoms with Crippen LogP contribution in [0.2, 0.25) is 0 Å². The fraction of sp³-hybridized carbons (Fsp3) is 0.250. The van der Waals surface area contributed by atoms with Crippen LogP contribution in [-0.4, -0.2) is 54.7 Å². The van der Waals surface area contributed by atoms with Crippen LogP contribution < -0.4 is 11.1 Å². The zero-order valence-electron chi connectivity index (χ0n) is 16.4. The van der Waals surface area contributed by atoms with E-state index in [9.17, 15) is 14.7 Å². The molecule has 0 aliphatic carbocycles. The summed E-state index contributed by atoms with van der Waals surface area (Å²) in [6.45, 7) is 6.29. The van der Waals surface area contributed by atoms with Crippen molar-refractivity contribution in [2.75, 3.05) is 24.1 Å². The van der Waals surface area contributed by atoms with Crippen LogP contribution in [0.25, 0.3) is 11.0 Å². The number of carbonyl (C=O) groups excluding carboxylic acids is 2. The minimum Gasteiger partial charge on any atom is -0.508 e. The molecule has 1 aliphatic heterocycles. The number of hydrogen-bond donors (Lipinski definition) is 3. The van der Waals surface area contributed by atoms with Crippen LogP contribution in [0, 0.1) is 6.92 Å². The molecular weight excluding hydrogens is 386 g/mol. The molecule has 1 aliphatic rings. The van der Waals surface area contributed by atoms with E-state index in [-0.39, 0.29) is 29.2 Å². The lowest BCUT2D eigenvalue weighted by Crippen LogP contribution is -2.27. The number of carbonyl (C=O) groups is 2. The monoisotopic (exact) mass is 407 g/mol. The number of aryl methyl sites for hydroxylation is 1. The number of nitrogens with two attached hydrogens (primary N) is 1. The van der Waals surface area contributed by atoms with Gasteiger partial charge in [-0.05, 0) is 43.2 Å². The molecule has 0 spiro atoms. The molecule has 1 saturated heterocycles. The highest BCUT2D eigenvalue weighted by Crippen LogP contribution is 2.29. The molecule has 2 aromatic heterocycles. The van der Waals surface area contributed by atoms with Crippen molar-refractivity contribution >= 4 is 34.4 Å². The van der Waals surface area contributed by atoms with Gasteiger partial charge in [0.15, 0.2) is 11.3 Å². The number of rotatable bonds is 4. The van der Waals surface area contributed by atoms with E-state index in [0.29, 0.717) is 41.8 Å². The standard InChI is InChI=1S/C20H21N7O3/c1-3-15(29)26-7-6-12(9-26)27-19-16(18(21)22-10-23-19)17(25-27)20(30)24-14-5-4-13(28)8-11(14)2/h3-5,8,10,12,28H,1,6-7,9H2,2H3,(H,24,30)(H2,21,22,23). The molecule has 10 nitrogen and oxygen atoms in total. The second-order valence-corrected chi connectivity index (χ2v) is 7.13. The fourth-order valence-electron chi connectivity index (χ4n) is 3.65. The first-order chi connectivity index (χ1) is 14.4. The first-order valence-electron chi connectivity index (χ1n) is 9.40. The summed E-state index contributed by atoms with van der Waals surface area (Å²) in [6, 6.07) is 4.49. The van der Waals surface area contributed by atoms with Gasteiger partial charge in [0, 0.05) is 18.8 Å². The molecule has 30 heavy (non-hydrogen) atoms. The van der Waals surface area contributed by atoms with Crippen molar-refractivity contribution < 1.29 is 14.7 Å². The van der Waals surface area contributed by atoms with Gasteiger partial charge in [-0.15, -0.1) is 0 Å². The maximum absolute atomic E-state index is 13.0. The molecule has 1 fully saturated rings. The molecule has 1 unspecified atom stereocenters. The van der Waals surface area contributed by atoms with E-state index in [1.54, 1.807) is 28.6 Å². The first kappa shape index (κ1) is 19.4. The highest BCUT2D eigenvalue weighted by molar-refractivity contribution is 6.13. The lowest BCUT2D eigenvalue weighted by Gasteiger charge is -2.14. The third-order valence-corrected chi connectivity index (χ3v) is 5.19. The number of hydrogen-bond acceptors (Lipinski definition) is 7. The maximum atomic E-state index is 13.0. The summed E-state index contributed by atoms with van der Waals surface area (Å²) < 4.78 is 1.64. The number of nitrogens with one attached hydrogen (secondary N) is 1. The van der Waals surface area contributed by atoms with E-state index in [2.05, 4.69) is 27.0 Å². The Labute approximate surface area is 172 Å². The second kappa shape index (κ2) is 7.47. The van der Waals surface area contributed by atoms with E-state index >= 15 is 0 Å². The molecule has 0 radical (unpaired) electrons. The van der Waals surface area contributed by atoms with Crippen molar-refractivity contribution in [1.82, 2.24) is 24.6 Å². The van der Waals surface area contributed by atoms with Crippen LogP contribution >= 0.6 is 0 Å². The number of benzene rings is 1. The number of nitrogen functional groups attached to an aromatic ring is 1. The van der Waals surface area contributed by atoms with Gasteiger partial charge in [0.1, 0.15) is 17.9 Å². The number of fused-ring (bicyclic) bond motifs is 1. The predicted molar refractivity (Wildman–Crippen MR) is 111 cm³/mol. The average Bonchev–Trinajstić information content (AvgIpc) is 3.35. The van der Waals surface area contributed by atoms with Crippen LogP contribution in [-0.2, 0) is 4.79 Å². The Morgan fingerprint density at radius 3 is 2.90 bits per heavy atom. The number of nitrogens with zero attached hydrogens (tertiary/aromatic N) is 5. The minimum absolute atomic E-state index is 0.101. The summed E-state index contributed by atoms with van der Waals surface area (Å²) >= 11 is 0. The Balaban J connectivity index is 1.71. The summed E-state index contributed by atoms with van der Waals surface area (Å²) in [5, 5.41) is 17.2. The van der Waals surface area contributed by atoms with Gasteiger partial charge in [-0.1, -0.05) is 6.58 Å². The van der Waals surface area contributed by atoms with Crippen LogP contribution in [0.4, 0.5) is 11.5 Å². The van der Waals surface area contributed by atoms with Gasteiger partial charge in [-0.25, -0.2) is 14.6 Å². The first-order valence-corrected chi connectivity index (χ1v) is 9.40. The van der Waals surface area contributed by atoms with Crippen molar-refractivity contribution in [3.63, 3.8) is 0 Å². The van der Waals surface area contributed by atoms with Gasteiger partial charge in [-0.2, -0.15) is 5.10 Å². The average molecular weight is 407 g/mol. The fourth-order valence-corrected chi connectivity index (χ4v) is 3.65. The third kappa shape index (κ3) is 3.32. The molecule has 10 heteroatoms. The molecule has 2 amide bonds. The number of phenolic OH excluding ortho intramolecular Hbond substituents is 1. The van der Waals surface area contributed by atoms with Gasteiger partial charge < -0.3 is 21.1 Å². The number of amides is 2. The number of aromatic nitrogens is 4. The summed E-state index contributed by atoms with van der Waals surface area (Å²) in [4.78, 5) is 34.9. The lowest BCUT2D eigenvalue weighted by atomic mass is 10.2. The van der Waals surface area contributed by atoms with Crippen LogP contribution in [0.15, 0.2) is 37.2 Å². The molecule has 4 rings (SSSR count). The molecule has 154 valence electrons. The summed E-state index contributed by atoms with van der Waals surface area (Å²) in [7, 11) is 0. The molecule has 0 bridgehead atoms. The van der Waals surface area contributed by atoms with Crippen LogP contribution in [0.3, 0.4) is 0 Å². The quantitative estimate of drug-likeness (QED) is 0.441. The third-order valence-electron chi connectivity index (χ3n) is 5.19. The highest BCUT2D eigenvalue weighted by Gasteiger charge is 2.31. The molecule has 3 heterocycles. The Morgan fingerprint density at radius 1 is 1.37 bits per heavy atom. The molecule has 4 N–H and O–H groups in total. The summed E-state index contributed by atoms with van der Waals surface area (Å²) in [6.07, 6.45) is 3.27. The Morgan fingerprint density at radius 2 is 2.17 bits per heavy atom. The normalized spacial score (nSPS) is 16.0.